The van der Waals surface area contributed by atoms with Gasteiger partial charge in [-0.05, 0) is 109 Å². The Morgan fingerprint density at radius 3 is 1.74 bits per heavy atom. The van der Waals surface area contributed by atoms with Crippen LogP contribution in [0.4, 0.5) is 17.1 Å². The van der Waals surface area contributed by atoms with E-state index in [1.54, 1.807) is 0 Å². The second-order valence-electron chi connectivity index (χ2n) is 19.2. The predicted molar refractivity (Wildman–Crippen MR) is 277 cm³/mol. The Balaban J connectivity index is 1.07. The first-order valence-corrected chi connectivity index (χ1v) is 23.2. The van der Waals surface area contributed by atoms with Crippen molar-refractivity contribution in [3.8, 4) is 55.6 Å². The van der Waals surface area contributed by atoms with E-state index in [1.165, 1.54) is 72.1 Å². The molecule has 11 aromatic rings. The first-order valence-electron chi connectivity index (χ1n) is 23.2. The summed E-state index contributed by atoms with van der Waals surface area (Å²) in [6.07, 6.45) is 0. The quantitative estimate of drug-likeness (QED) is 0.166. The topological polar surface area (TPSA) is 16.4 Å². The highest BCUT2D eigenvalue weighted by molar-refractivity contribution is 6.20. The number of hydrogen-bond acceptors (Lipinski definition) is 2. The molecule has 0 N–H and O–H groups in total. The third-order valence-corrected chi connectivity index (χ3v) is 14.9. The number of anilines is 3. The van der Waals surface area contributed by atoms with Crippen molar-refractivity contribution in [1.29, 1.82) is 0 Å². The van der Waals surface area contributed by atoms with Crippen molar-refractivity contribution in [2.24, 2.45) is 0 Å². The van der Waals surface area contributed by atoms with E-state index in [2.05, 4.69) is 245 Å². The highest BCUT2D eigenvalue weighted by Gasteiger charge is 2.39. The van der Waals surface area contributed by atoms with Crippen LogP contribution in [0.1, 0.15) is 49.9 Å². The lowest BCUT2D eigenvalue weighted by molar-refractivity contribution is 0.660. The Bertz CT molecular complexity index is 3790. The molecule has 2 heteroatoms. The van der Waals surface area contributed by atoms with E-state index >= 15 is 0 Å². The van der Waals surface area contributed by atoms with Crippen molar-refractivity contribution in [2.45, 2.75) is 38.5 Å². The van der Waals surface area contributed by atoms with Gasteiger partial charge in [0.05, 0.1) is 11.4 Å². The van der Waals surface area contributed by atoms with E-state index in [0.29, 0.717) is 0 Å². The van der Waals surface area contributed by atoms with Crippen LogP contribution in [0, 0.1) is 0 Å². The molecule has 10 aromatic carbocycles. The number of nitrogens with zero attached hydrogens (tertiary/aromatic N) is 1. The van der Waals surface area contributed by atoms with Gasteiger partial charge >= 0.3 is 0 Å². The van der Waals surface area contributed by atoms with Gasteiger partial charge in [-0.15, -0.1) is 0 Å². The molecule has 1 heterocycles. The first-order chi connectivity index (χ1) is 32.3. The zero-order valence-electron chi connectivity index (χ0n) is 37.6. The molecule has 2 aliphatic carbocycles. The van der Waals surface area contributed by atoms with Gasteiger partial charge in [-0.3, -0.25) is 0 Å². The number of fused-ring (bicyclic) bond motifs is 11. The van der Waals surface area contributed by atoms with Crippen LogP contribution in [0.15, 0.2) is 217 Å². The van der Waals surface area contributed by atoms with Crippen LogP contribution in [-0.4, -0.2) is 0 Å². The molecule has 0 bridgehead atoms. The molecule has 0 saturated carbocycles. The summed E-state index contributed by atoms with van der Waals surface area (Å²) in [5, 5.41) is 4.53. The van der Waals surface area contributed by atoms with Crippen molar-refractivity contribution in [2.75, 3.05) is 4.90 Å². The summed E-state index contributed by atoms with van der Waals surface area (Å²) in [6.45, 7) is 9.49. The van der Waals surface area contributed by atoms with Gasteiger partial charge in [-0.1, -0.05) is 204 Å². The van der Waals surface area contributed by atoms with Gasteiger partial charge in [0.15, 0.2) is 0 Å². The lowest BCUT2D eigenvalue weighted by Gasteiger charge is -2.31. The van der Waals surface area contributed by atoms with E-state index in [9.17, 15) is 0 Å². The summed E-state index contributed by atoms with van der Waals surface area (Å²) in [5.74, 6) is 0. The molecule has 0 saturated heterocycles. The minimum atomic E-state index is -0.160. The van der Waals surface area contributed by atoms with Crippen LogP contribution in [0.5, 0.6) is 0 Å². The van der Waals surface area contributed by atoms with E-state index < -0.39 is 0 Å². The molecule has 0 fully saturated rings. The molecule has 0 aliphatic heterocycles. The van der Waals surface area contributed by atoms with Crippen LogP contribution < -0.4 is 4.90 Å². The number of hydrogen-bond donors (Lipinski definition) is 0. The summed E-state index contributed by atoms with van der Waals surface area (Å²) in [7, 11) is 0. The van der Waals surface area contributed by atoms with Gasteiger partial charge in [0.2, 0.25) is 0 Å². The fourth-order valence-corrected chi connectivity index (χ4v) is 11.9. The standard InChI is InChI=1S/C64H47NO/c1-63(2)54-32-12-8-26-51(54)59-48(28-17-33-55(59)63)46-24-9-13-34-56(46)65(42-21-15-20-41(39-42)43-27-16-30-50-45-23-7-11-31-53(45)64(3,4)61(43)50)57-35-14-10-25-47(57)49-29-18-36-58-60(49)52-38-37-40-19-5-6-22-44(40)62(52)66-58/h5-39H,1-4H3. The monoisotopic (exact) mass is 845 g/mol. The smallest absolute Gasteiger partial charge is 0.143 e. The Hall–Kier alpha value is -7.94. The summed E-state index contributed by atoms with van der Waals surface area (Å²) in [4.78, 5) is 2.51. The maximum atomic E-state index is 6.79. The van der Waals surface area contributed by atoms with Crippen LogP contribution >= 0.6 is 0 Å². The normalized spacial score (nSPS) is 14.0. The molecule has 0 atom stereocenters. The summed E-state index contributed by atoms with van der Waals surface area (Å²) < 4.78 is 6.79. The maximum absolute atomic E-state index is 6.79. The van der Waals surface area contributed by atoms with E-state index in [1.807, 2.05) is 0 Å². The average Bonchev–Trinajstić information content (AvgIpc) is 3.95. The molecular formula is C64H47NO. The number of rotatable bonds is 6. The van der Waals surface area contributed by atoms with Crippen molar-refractivity contribution in [3.63, 3.8) is 0 Å². The highest BCUT2D eigenvalue weighted by atomic mass is 16.3. The van der Waals surface area contributed by atoms with Gasteiger partial charge in [0, 0.05) is 43.8 Å². The van der Waals surface area contributed by atoms with Gasteiger partial charge in [-0.2, -0.15) is 0 Å². The second kappa shape index (κ2) is 14.3. The van der Waals surface area contributed by atoms with Crippen molar-refractivity contribution < 1.29 is 4.42 Å². The van der Waals surface area contributed by atoms with Gasteiger partial charge in [0.1, 0.15) is 11.2 Å². The lowest BCUT2D eigenvalue weighted by Crippen LogP contribution is -2.16. The van der Waals surface area contributed by atoms with E-state index in [0.717, 1.165) is 55.5 Å². The third-order valence-electron chi connectivity index (χ3n) is 14.9. The molecule has 2 nitrogen and oxygen atoms in total. The van der Waals surface area contributed by atoms with E-state index in [4.69, 9.17) is 4.42 Å². The van der Waals surface area contributed by atoms with Crippen molar-refractivity contribution in [3.05, 3.63) is 235 Å². The zero-order chi connectivity index (χ0) is 44.3. The lowest BCUT2D eigenvalue weighted by atomic mass is 9.79. The molecular weight excluding hydrogens is 799 g/mol. The van der Waals surface area contributed by atoms with Crippen LogP contribution in [0.25, 0.3) is 88.3 Å². The fourth-order valence-electron chi connectivity index (χ4n) is 11.9. The number of para-hydroxylation sites is 2. The number of furan rings is 1. The van der Waals surface area contributed by atoms with Crippen LogP contribution in [0.3, 0.4) is 0 Å². The molecule has 0 radical (unpaired) electrons. The molecule has 0 spiro atoms. The van der Waals surface area contributed by atoms with Crippen molar-refractivity contribution in [1.82, 2.24) is 0 Å². The molecule has 1 aromatic heterocycles. The van der Waals surface area contributed by atoms with Gasteiger partial charge in [0.25, 0.3) is 0 Å². The molecule has 13 rings (SSSR count). The number of benzene rings is 10. The Morgan fingerprint density at radius 1 is 0.379 bits per heavy atom. The minimum Gasteiger partial charge on any atom is -0.455 e. The van der Waals surface area contributed by atoms with Crippen molar-refractivity contribution >= 4 is 49.8 Å². The Kier molecular flexibility index (Phi) is 8.33. The summed E-state index contributed by atoms with van der Waals surface area (Å²) >= 11 is 0. The molecule has 314 valence electrons. The average molecular weight is 846 g/mol. The second-order valence-corrected chi connectivity index (χ2v) is 19.2. The van der Waals surface area contributed by atoms with E-state index in [-0.39, 0.29) is 10.8 Å². The molecule has 2 aliphatic rings. The largest absolute Gasteiger partial charge is 0.455 e. The van der Waals surface area contributed by atoms with Crippen LogP contribution in [0.2, 0.25) is 0 Å². The molecule has 0 amide bonds. The Labute approximate surface area is 386 Å². The fraction of sp³-hybridized carbons (Fsp3) is 0.0938. The van der Waals surface area contributed by atoms with Gasteiger partial charge in [-0.25, -0.2) is 0 Å². The minimum absolute atomic E-state index is 0.127. The van der Waals surface area contributed by atoms with Crippen LogP contribution in [-0.2, 0) is 10.8 Å². The molecule has 66 heavy (non-hydrogen) atoms. The Morgan fingerprint density at radius 2 is 0.939 bits per heavy atom. The summed E-state index contributed by atoms with van der Waals surface area (Å²) in [5.41, 5.74) is 22.7. The summed E-state index contributed by atoms with van der Waals surface area (Å²) in [6, 6.07) is 78.3. The highest BCUT2D eigenvalue weighted by Crippen LogP contribution is 2.56. The maximum Gasteiger partial charge on any atom is 0.143 e. The predicted octanol–water partition coefficient (Wildman–Crippen LogP) is 17.8. The van der Waals surface area contributed by atoms with Gasteiger partial charge < -0.3 is 9.32 Å². The third kappa shape index (κ3) is 5.48. The molecule has 0 unspecified atom stereocenters. The SMILES string of the molecule is CC1(C)c2ccccc2-c2c(-c3ccccc3N(c3cccc(-c4cccc5c4C(C)(C)c4ccccc4-5)c3)c3ccccc3-c3cccc4oc5c6ccccc6ccc5c34)cccc21. The zero-order valence-corrected chi connectivity index (χ0v) is 37.6. The first kappa shape index (κ1) is 38.5.